The first-order valence-corrected chi connectivity index (χ1v) is 7.84. The number of hydrogen-bond acceptors (Lipinski definition) is 4. The predicted octanol–water partition coefficient (Wildman–Crippen LogP) is 0.895. The Balaban J connectivity index is 2.10. The molecule has 126 valence electrons. The summed E-state index contributed by atoms with van der Waals surface area (Å²) in [6.07, 6.45) is 0.903. The topological polar surface area (TPSA) is 92.9 Å². The van der Waals surface area contributed by atoms with Crippen molar-refractivity contribution in [1.29, 1.82) is 0 Å². The molecule has 0 radical (unpaired) electrons. The van der Waals surface area contributed by atoms with Crippen LogP contribution in [0.25, 0.3) is 0 Å². The molecule has 1 aromatic carbocycles. The van der Waals surface area contributed by atoms with Crippen molar-refractivity contribution < 1.29 is 19.4 Å². The second-order valence-corrected chi connectivity index (χ2v) is 6.03. The van der Waals surface area contributed by atoms with Crippen molar-refractivity contribution in [2.75, 3.05) is 20.3 Å². The van der Waals surface area contributed by atoms with Crippen LogP contribution in [0.5, 0.6) is 0 Å². The van der Waals surface area contributed by atoms with E-state index in [4.69, 9.17) is 15.6 Å². The first-order valence-electron chi connectivity index (χ1n) is 7.84. The first kappa shape index (κ1) is 17.4. The van der Waals surface area contributed by atoms with E-state index >= 15 is 0 Å². The molecule has 0 aromatic heterocycles. The minimum atomic E-state index is -0.969. The molecule has 1 aliphatic heterocycles. The average molecular weight is 320 g/mol. The number of ether oxygens (including phenoxy) is 1. The summed E-state index contributed by atoms with van der Waals surface area (Å²) in [6, 6.07) is 9.13. The molecule has 0 spiro atoms. The minimum absolute atomic E-state index is 0.108. The highest BCUT2D eigenvalue weighted by atomic mass is 16.5. The molecule has 1 heterocycles. The van der Waals surface area contributed by atoms with Gasteiger partial charge in [0.1, 0.15) is 0 Å². The van der Waals surface area contributed by atoms with Crippen LogP contribution in [-0.4, -0.2) is 54.2 Å². The summed E-state index contributed by atoms with van der Waals surface area (Å²) >= 11 is 0. The highest BCUT2D eigenvalue weighted by molar-refractivity contribution is 5.83. The van der Waals surface area contributed by atoms with E-state index in [1.54, 1.807) is 11.9 Å². The standard InChI is InChI=1S/C17H24N2O4/c1-19(15-7-8-23-11-14(15)18)17(22)13(10-16(20)21)9-12-5-3-2-4-6-12/h2-6,13-15H,7-11,18H2,1H3,(H,20,21)/t13?,14-,15-/m1/s1. The average Bonchev–Trinajstić information content (AvgIpc) is 2.54. The van der Waals surface area contributed by atoms with Gasteiger partial charge in [-0.15, -0.1) is 0 Å². The fourth-order valence-corrected chi connectivity index (χ4v) is 3.04. The second-order valence-electron chi connectivity index (χ2n) is 6.03. The molecule has 6 heteroatoms. The summed E-state index contributed by atoms with van der Waals surface area (Å²) in [7, 11) is 1.71. The predicted molar refractivity (Wildman–Crippen MR) is 85.9 cm³/mol. The van der Waals surface area contributed by atoms with Crippen LogP contribution in [0.2, 0.25) is 0 Å². The lowest BCUT2D eigenvalue weighted by molar-refractivity contribution is -0.146. The Kier molecular flexibility index (Phi) is 6.12. The van der Waals surface area contributed by atoms with Crippen LogP contribution < -0.4 is 5.73 Å². The van der Waals surface area contributed by atoms with Crippen molar-refractivity contribution in [3.63, 3.8) is 0 Å². The maximum atomic E-state index is 12.8. The lowest BCUT2D eigenvalue weighted by Gasteiger charge is -2.37. The number of nitrogens with zero attached hydrogens (tertiary/aromatic N) is 1. The van der Waals surface area contributed by atoms with E-state index in [0.29, 0.717) is 26.1 Å². The molecule has 1 amide bonds. The van der Waals surface area contributed by atoms with Crippen LogP contribution in [0.15, 0.2) is 30.3 Å². The molecule has 0 saturated carbocycles. The van der Waals surface area contributed by atoms with E-state index < -0.39 is 11.9 Å². The maximum absolute atomic E-state index is 12.8. The van der Waals surface area contributed by atoms with E-state index in [2.05, 4.69) is 0 Å². The van der Waals surface area contributed by atoms with E-state index in [-0.39, 0.29) is 24.4 Å². The van der Waals surface area contributed by atoms with Gasteiger partial charge < -0.3 is 20.5 Å². The van der Waals surface area contributed by atoms with Gasteiger partial charge in [-0.1, -0.05) is 30.3 Å². The summed E-state index contributed by atoms with van der Waals surface area (Å²) in [5.41, 5.74) is 6.99. The van der Waals surface area contributed by atoms with Gasteiger partial charge in [-0.2, -0.15) is 0 Å². The molecule has 2 rings (SSSR count). The number of nitrogens with two attached hydrogens (primary N) is 1. The molecule has 6 nitrogen and oxygen atoms in total. The monoisotopic (exact) mass is 320 g/mol. The van der Waals surface area contributed by atoms with E-state index in [1.165, 1.54) is 0 Å². The number of benzene rings is 1. The van der Waals surface area contributed by atoms with Gasteiger partial charge in [-0.05, 0) is 18.4 Å². The third-order valence-electron chi connectivity index (χ3n) is 4.30. The molecule has 0 aliphatic carbocycles. The highest BCUT2D eigenvalue weighted by Crippen LogP contribution is 2.20. The lowest BCUT2D eigenvalue weighted by Crippen LogP contribution is -2.55. The van der Waals surface area contributed by atoms with Crippen LogP contribution in [0, 0.1) is 5.92 Å². The number of amides is 1. The number of carbonyl (C=O) groups is 2. The summed E-state index contributed by atoms with van der Waals surface area (Å²) in [4.78, 5) is 25.6. The van der Waals surface area contributed by atoms with Gasteiger partial charge in [-0.3, -0.25) is 9.59 Å². The van der Waals surface area contributed by atoms with Gasteiger partial charge in [0, 0.05) is 19.7 Å². The normalized spacial score (nSPS) is 22.3. The third-order valence-corrected chi connectivity index (χ3v) is 4.30. The summed E-state index contributed by atoms with van der Waals surface area (Å²) in [5.74, 6) is -1.72. The molecule has 1 aromatic rings. The Hall–Kier alpha value is -1.92. The molecule has 1 aliphatic rings. The van der Waals surface area contributed by atoms with Crippen molar-refractivity contribution in [1.82, 2.24) is 4.90 Å². The number of carboxylic acid groups (broad SMARTS) is 1. The Morgan fingerprint density at radius 2 is 2.09 bits per heavy atom. The fourth-order valence-electron chi connectivity index (χ4n) is 3.04. The minimum Gasteiger partial charge on any atom is -0.481 e. The smallest absolute Gasteiger partial charge is 0.304 e. The third kappa shape index (κ3) is 4.77. The van der Waals surface area contributed by atoms with E-state index in [0.717, 1.165) is 5.56 Å². The second kappa shape index (κ2) is 8.08. The van der Waals surface area contributed by atoms with Crippen molar-refractivity contribution in [3.05, 3.63) is 35.9 Å². The number of likely N-dealkylation sites (N-methyl/N-ethyl adjacent to an activating group) is 1. The van der Waals surface area contributed by atoms with Gasteiger partial charge in [0.2, 0.25) is 5.91 Å². The van der Waals surface area contributed by atoms with Crippen LogP contribution >= 0.6 is 0 Å². The van der Waals surface area contributed by atoms with Crippen molar-refractivity contribution in [2.45, 2.75) is 31.3 Å². The lowest BCUT2D eigenvalue weighted by atomic mass is 9.93. The van der Waals surface area contributed by atoms with Crippen LogP contribution in [0.3, 0.4) is 0 Å². The van der Waals surface area contributed by atoms with Gasteiger partial charge in [-0.25, -0.2) is 0 Å². The molecule has 3 atom stereocenters. The summed E-state index contributed by atoms with van der Waals surface area (Å²) in [5, 5.41) is 9.14. The molecule has 3 N–H and O–H groups in total. The fraction of sp³-hybridized carbons (Fsp3) is 0.529. The van der Waals surface area contributed by atoms with E-state index in [9.17, 15) is 9.59 Å². The molecule has 1 saturated heterocycles. The molecule has 1 fully saturated rings. The molecule has 0 bridgehead atoms. The number of carbonyl (C=O) groups excluding carboxylic acids is 1. The van der Waals surface area contributed by atoms with Crippen LogP contribution in [0.4, 0.5) is 0 Å². The number of rotatable bonds is 6. The molecular weight excluding hydrogens is 296 g/mol. The Labute approximate surface area is 136 Å². The summed E-state index contributed by atoms with van der Waals surface area (Å²) < 4.78 is 5.31. The zero-order valence-electron chi connectivity index (χ0n) is 13.4. The zero-order chi connectivity index (χ0) is 16.8. The molecule has 1 unspecified atom stereocenters. The SMILES string of the molecule is CN(C(=O)C(CC(=O)O)Cc1ccccc1)[C@@H]1CCOC[C@H]1N. The Morgan fingerprint density at radius 3 is 2.70 bits per heavy atom. The van der Waals surface area contributed by atoms with Gasteiger partial charge in [0.05, 0.1) is 25.0 Å². The molecular formula is C17H24N2O4. The Bertz CT molecular complexity index is 535. The first-order chi connectivity index (χ1) is 11.0. The zero-order valence-corrected chi connectivity index (χ0v) is 13.4. The van der Waals surface area contributed by atoms with Crippen LogP contribution in [-0.2, 0) is 20.7 Å². The largest absolute Gasteiger partial charge is 0.481 e. The molecule has 23 heavy (non-hydrogen) atoms. The van der Waals surface area contributed by atoms with Gasteiger partial charge in [0.25, 0.3) is 0 Å². The number of carboxylic acids is 1. The van der Waals surface area contributed by atoms with Gasteiger partial charge in [0.15, 0.2) is 0 Å². The van der Waals surface area contributed by atoms with Gasteiger partial charge >= 0.3 is 5.97 Å². The van der Waals surface area contributed by atoms with Crippen molar-refractivity contribution in [3.8, 4) is 0 Å². The summed E-state index contributed by atoms with van der Waals surface area (Å²) in [6.45, 7) is 0.989. The number of aliphatic carboxylic acids is 1. The van der Waals surface area contributed by atoms with Crippen molar-refractivity contribution in [2.24, 2.45) is 11.7 Å². The maximum Gasteiger partial charge on any atom is 0.304 e. The van der Waals surface area contributed by atoms with E-state index in [1.807, 2.05) is 30.3 Å². The quantitative estimate of drug-likeness (QED) is 0.812. The van der Waals surface area contributed by atoms with Crippen molar-refractivity contribution >= 4 is 11.9 Å². The van der Waals surface area contributed by atoms with Crippen LogP contribution in [0.1, 0.15) is 18.4 Å². The highest BCUT2D eigenvalue weighted by Gasteiger charge is 2.33. The number of hydrogen-bond donors (Lipinski definition) is 2. The Morgan fingerprint density at radius 1 is 1.39 bits per heavy atom.